The van der Waals surface area contributed by atoms with E-state index in [9.17, 15) is 4.79 Å². The number of hydrogen-bond acceptors (Lipinski definition) is 6. The van der Waals surface area contributed by atoms with Gasteiger partial charge in [0.1, 0.15) is 17.2 Å². The number of ether oxygens (including phenoxy) is 2. The molecule has 104 valence electrons. The summed E-state index contributed by atoms with van der Waals surface area (Å²) in [5, 5.41) is 19.7. The molecule has 0 radical (unpaired) electrons. The van der Waals surface area contributed by atoms with E-state index < -0.39 is 5.97 Å². The van der Waals surface area contributed by atoms with Gasteiger partial charge in [0.05, 0.1) is 14.2 Å². The van der Waals surface area contributed by atoms with Crippen molar-refractivity contribution in [1.82, 2.24) is 20.2 Å². The van der Waals surface area contributed by atoms with Gasteiger partial charge in [-0.3, -0.25) is 0 Å². The van der Waals surface area contributed by atoms with E-state index in [1.807, 2.05) is 0 Å². The Hall–Kier alpha value is -2.90. The summed E-state index contributed by atoms with van der Waals surface area (Å²) in [6, 6.07) is 5.12. The van der Waals surface area contributed by atoms with Crippen LogP contribution in [0.5, 0.6) is 11.5 Å². The summed E-state index contributed by atoms with van der Waals surface area (Å²) in [5.41, 5.74) is 0.573. The van der Waals surface area contributed by atoms with Crippen molar-refractivity contribution in [3.8, 4) is 17.2 Å². The van der Waals surface area contributed by atoms with Gasteiger partial charge in [-0.25, -0.2) is 4.79 Å². The molecular weight excluding hydrogens is 264 g/mol. The Kier molecular flexibility index (Phi) is 3.94. The van der Waals surface area contributed by atoms with Crippen molar-refractivity contribution in [3.05, 3.63) is 30.1 Å². The average Bonchev–Trinajstić information content (AvgIpc) is 2.92. The lowest BCUT2D eigenvalue weighted by molar-refractivity contribution is -0.131. The molecule has 0 unspecified atom stereocenters. The Labute approximate surface area is 114 Å². The van der Waals surface area contributed by atoms with E-state index >= 15 is 0 Å². The third-order valence-corrected chi connectivity index (χ3v) is 2.48. The normalized spacial score (nSPS) is 10.7. The van der Waals surface area contributed by atoms with Gasteiger partial charge in [-0.2, -0.15) is 4.68 Å². The lowest BCUT2D eigenvalue weighted by Gasteiger charge is -2.10. The van der Waals surface area contributed by atoms with Crippen molar-refractivity contribution in [2.75, 3.05) is 14.2 Å². The molecule has 0 amide bonds. The van der Waals surface area contributed by atoms with Gasteiger partial charge in [0.25, 0.3) is 0 Å². The van der Waals surface area contributed by atoms with E-state index in [0.29, 0.717) is 17.2 Å². The lowest BCUT2D eigenvalue weighted by Crippen LogP contribution is -2.03. The molecule has 1 heterocycles. The first-order valence-electron chi connectivity index (χ1n) is 5.57. The highest BCUT2D eigenvalue weighted by molar-refractivity contribution is 5.84. The molecule has 1 N–H and O–H groups in total. The maximum atomic E-state index is 10.5. The van der Waals surface area contributed by atoms with Crippen LogP contribution in [0.4, 0.5) is 0 Å². The summed E-state index contributed by atoms with van der Waals surface area (Å²) < 4.78 is 11.7. The highest BCUT2D eigenvalue weighted by Crippen LogP contribution is 2.27. The van der Waals surface area contributed by atoms with E-state index in [1.54, 1.807) is 25.3 Å². The van der Waals surface area contributed by atoms with Gasteiger partial charge in [-0.15, -0.1) is 5.10 Å². The first-order chi connectivity index (χ1) is 9.65. The number of methoxy groups -OCH3 is 2. The summed E-state index contributed by atoms with van der Waals surface area (Å²) in [6.07, 6.45) is 2.25. The zero-order valence-electron chi connectivity index (χ0n) is 10.8. The first kappa shape index (κ1) is 13.5. The van der Waals surface area contributed by atoms with E-state index in [1.165, 1.54) is 17.9 Å². The number of tetrazole rings is 1. The largest absolute Gasteiger partial charge is 0.497 e. The van der Waals surface area contributed by atoms with Crippen LogP contribution in [-0.4, -0.2) is 45.5 Å². The zero-order valence-corrected chi connectivity index (χ0v) is 10.8. The van der Waals surface area contributed by atoms with Crippen molar-refractivity contribution in [2.24, 2.45) is 0 Å². The second-order valence-corrected chi connectivity index (χ2v) is 3.66. The van der Waals surface area contributed by atoms with Gasteiger partial charge in [0.2, 0.25) is 0 Å². The van der Waals surface area contributed by atoms with Crippen LogP contribution in [0.15, 0.2) is 24.3 Å². The fraction of sp³-hybridized carbons (Fsp3) is 0.167. The second-order valence-electron chi connectivity index (χ2n) is 3.66. The van der Waals surface area contributed by atoms with Crippen molar-refractivity contribution in [1.29, 1.82) is 0 Å². The Morgan fingerprint density at radius 3 is 2.80 bits per heavy atom. The molecular formula is C12H12N4O4. The van der Waals surface area contributed by atoms with Gasteiger partial charge < -0.3 is 14.6 Å². The SMILES string of the molecule is COc1ccc(-n2nnnc2/C=C/C(=O)O)c(OC)c1. The molecule has 0 aliphatic carbocycles. The smallest absolute Gasteiger partial charge is 0.328 e. The molecule has 0 atom stereocenters. The minimum atomic E-state index is -1.08. The van der Waals surface area contributed by atoms with E-state index in [4.69, 9.17) is 14.6 Å². The molecule has 20 heavy (non-hydrogen) atoms. The second kappa shape index (κ2) is 5.83. The van der Waals surface area contributed by atoms with Crippen molar-refractivity contribution >= 4 is 12.0 Å². The molecule has 0 saturated heterocycles. The number of aliphatic carboxylic acids is 1. The summed E-state index contributed by atoms with van der Waals surface area (Å²) in [7, 11) is 3.06. The molecule has 1 aromatic heterocycles. The minimum Gasteiger partial charge on any atom is -0.497 e. The molecule has 0 aliphatic heterocycles. The Morgan fingerprint density at radius 2 is 2.15 bits per heavy atom. The Bertz CT molecular complexity index is 651. The molecule has 1 aromatic carbocycles. The predicted molar refractivity (Wildman–Crippen MR) is 68.9 cm³/mol. The summed E-state index contributed by atoms with van der Waals surface area (Å²) in [6.45, 7) is 0. The zero-order chi connectivity index (χ0) is 14.5. The first-order valence-corrected chi connectivity index (χ1v) is 5.57. The highest BCUT2D eigenvalue weighted by atomic mass is 16.5. The Morgan fingerprint density at radius 1 is 1.35 bits per heavy atom. The summed E-state index contributed by atoms with van der Waals surface area (Å²) in [4.78, 5) is 10.5. The van der Waals surface area contributed by atoms with Crippen LogP contribution < -0.4 is 9.47 Å². The maximum absolute atomic E-state index is 10.5. The molecule has 8 nitrogen and oxygen atoms in total. The quantitative estimate of drug-likeness (QED) is 0.805. The fourth-order valence-electron chi connectivity index (χ4n) is 1.58. The van der Waals surface area contributed by atoms with E-state index in [2.05, 4.69) is 15.5 Å². The number of nitrogens with zero attached hydrogens (tertiary/aromatic N) is 4. The van der Waals surface area contributed by atoms with Gasteiger partial charge in [0.15, 0.2) is 5.82 Å². The Balaban J connectivity index is 2.46. The van der Waals surface area contributed by atoms with Crippen molar-refractivity contribution in [2.45, 2.75) is 0 Å². The monoisotopic (exact) mass is 276 g/mol. The topological polar surface area (TPSA) is 99.4 Å². The van der Waals surface area contributed by atoms with Crippen LogP contribution >= 0.6 is 0 Å². The highest BCUT2D eigenvalue weighted by Gasteiger charge is 2.12. The van der Waals surface area contributed by atoms with Crippen molar-refractivity contribution in [3.63, 3.8) is 0 Å². The van der Waals surface area contributed by atoms with Gasteiger partial charge >= 0.3 is 5.97 Å². The number of aromatic nitrogens is 4. The molecule has 0 saturated carbocycles. The van der Waals surface area contributed by atoms with Gasteiger partial charge in [0, 0.05) is 12.1 Å². The molecule has 8 heteroatoms. The lowest BCUT2D eigenvalue weighted by atomic mass is 10.2. The van der Waals surface area contributed by atoms with Gasteiger partial charge in [-0.05, 0) is 28.6 Å². The van der Waals surface area contributed by atoms with E-state index in [0.717, 1.165) is 6.08 Å². The van der Waals surface area contributed by atoms with Crippen LogP contribution in [-0.2, 0) is 4.79 Å². The number of carboxylic acids is 1. The predicted octanol–water partition coefficient (Wildman–Crippen LogP) is 0.777. The third-order valence-electron chi connectivity index (χ3n) is 2.48. The number of carboxylic acid groups (broad SMARTS) is 1. The van der Waals surface area contributed by atoms with Crippen LogP contribution in [0, 0.1) is 0 Å². The molecule has 2 rings (SSSR count). The van der Waals surface area contributed by atoms with Crippen LogP contribution in [0.1, 0.15) is 5.82 Å². The summed E-state index contributed by atoms with van der Waals surface area (Å²) in [5.74, 6) is 0.319. The number of carbonyl (C=O) groups is 1. The molecule has 0 aliphatic rings. The molecule has 0 fully saturated rings. The number of rotatable bonds is 5. The van der Waals surface area contributed by atoms with Crippen LogP contribution in [0.3, 0.4) is 0 Å². The molecule has 0 spiro atoms. The third kappa shape index (κ3) is 2.74. The van der Waals surface area contributed by atoms with Gasteiger partial charge in [-0.1, -0.05) is 0 Å². The fourth-order valence-corrected chi connectivity index (χ4v) is 1.58. The number of benzene rings is 1. The van der Waals surface area contributed by atoms with E-state index in [-0.39, 0.29) is 5.82 Å². The molecule has 2 aromatic rings. The van der Waals surface area contributed by atoms with Crippen LogP contribution in [0.2, 0.25) is 0 Å². The van der Waals surface area contributed by atoms with Crippen LogP contribution in [0.25, 0.3) is 11.8 Å². The summed E-state index contributed by atoms with van der Waals surface area (Å²) >= 11 is 0. The molecule has 0 bridgehead atoms. The van der Waals surface area contributed by atoms with Crippen molar-refractivity contribution < 1.29 is 19.4 Å². The number of hydrogen-bond donors (Lipinski definition) is 1. The minimum absolute atomic E-state index is 0.274. The maximum Gasteiger partial charge on any atom is 0.328 e. The average molecular weight is 276 g/mol. The standard InChI is InChI=1S/C12H12N4O4/c1-19-8-3-4-9(10(7-8)20-2)16-11(13-14-15-16)5-6-12(17)18/h3-7H,1-2H3,(H,17,18)/b6-5+.